The second kappa shape index (κ2) is 9.12. The second-order valence-corrected chi connectivity index (χ2v) is 5.75. The molecule has 2 aromatic rings. The van der Waals surface area contributed by atoms with Crippen molar-refractivity contribution < 1.29 is 14.2 Å². The molecule has 0 saturated carbocycles. The van der Waals surface area contributed by atoms with Crippen LogP contribution >= 0.6 is 0 Å². The third-order valence-electron chi connectivity index (χ3n) is 4.14. The molecule has 3 rings (SSSR count). The highest BCUT2D eigenvalue weighted by Gasteiger charge is 2.20. The van der Waals surface area contributed by atoms with Gasteiger partial charge >= 0.3 is 0 Å². The van der Waals surface area contributed by atoms with Gasteiger partial charge in [0.1, 0.15) is 18.1 Å². The van der Waals surface area contributed by atoms with Crippen LogP contribution in [0.4, 0.5) is 0 Å². The number of rotatable bonds is 5. The fourth-order valence-electron chi connectivity index (χ4n) is 2.78. The van der Waals surface area contributed by atoms with E-state index in [0.717, 1.165) is 43.4 Å². The van der Waals surface area contributed by atoms with Gasteiger partial charge in [-0.2, -0.15) is 0 Å². The minimum Gasteiger partial charge on any atom is -0.497 e. The van der Waals surface area contributed by atoms with Gasteiger partial charge in [-0.1, -0.05) is 42.2 Å². The van der Waals surface area contributed by atoms with E-state index >= 15 is 0 Å². The van der Waals surface area contributed by atoms with Crippen molar-refractivity contribution in [1.82, 2.24) is 4.90 Å². The lowest BCUT2D eigenvalue weighted by atomic mass is 10.0. The summed E-state index contributed by atoms with van der Waals surface area (Å²) < 4.78 is 16.4. The lowest BCUT2D eigenvalue weighted by Gasteiger charge is -2.31. The van der Waals surface area contributed by atoms with Crippen LogP contribution < -0.4 is 9.47 Å². The molecule has 0 radical (unpaired) electrons. The number of hydrogen-bond donors (Lipinski definition) is 0. The summed E-state index contributed by atoms with van der Waals surface area (Å²) in [5, 5.41) is 0. The van der Waals surface area contributed by atoms with E-state index in [-0.39, 0.29) is 6.04 Å². The largest absolute Gasteiger partial charge is 0.497 e. The fraction of sp³-hybridized carbons (Fsp3) is 0.333. The van der Waals surface area contributed by atoms with Crippen LogP contribution in [0.5, 0.6) is 11.5 Å². The van der Waals surface area contributed by atoms with Gasteiger partial charge in [0, 0.05) is 13.1 Å². The van der Waals surface area contributed by atoms with Crippen molar-refractivity contribution in [3.63, 3.8) is 0 Å². The second-order valence-electron chi connectivity index (χ2n) is 5.75. The van der Waals surface area contributed by atoms with Crippen LogP contribution in [0.1, 0.15) is 11.6 Å². The van der Waals surface area contributed by atoms with Crippen molar-refractivity contribution in [2.75, 3.05) is 40.0 Å². The molecule has 1 aliphatic heterocycles. The van der Waals surface area contributed by atoms with E-state index in [4.69, 9.17) is 14.2 Å². The molecule has 1 unspecified atom stereocenters. The summed E-state index contributed by atoms with van der Waals surface area (Å²) in [6.45, 7) is 3.63. The predicted molar refractivity (Wildman–Crippen MR) is 97.8 cm³/mol. The van der Waals surface area contributed by atoms with Gasteiger partial charge in [0.15, 0.2) is 0 Å². The summed E-state index contributed by atoms with van der Waals surface area (Å²) >= 11 is 0. The molecule has 0 aromatic heterocycles. The molecule has 25 heavy (non-hydrogen) atoms. The summed E-state index contributed by atoms with van der Waals surface area (Å²) in [4.78, 5) is 2.35. The first-order valence-corrected chi connectivity index (χ1v) is 8.49. The zero-order valence-corrected chi connectivity index (χ0v) is 14.5. The minimum absolute atomic E-state index is 0.0363. The Kier molecular flexibility index (Phi) is 6.33. The van der Waals surface area contributed by atoms with Gasteiger partial charge in [-0.25, -0.2) is 0 Å². The molecule has 4 heteroatoms. The third-order valence-corrected chi connectivity index (χ3v) is 4.14. The Morgan fingerprint density at radius 3 is 2.40 bits per heavy atom. The van der Waals surface area contributed by atoms with Crippen LogP contribution in [0.2, 0.25) is 0 Å². The van der Waals surface area contributed by atoms with E-state index in [0.29, 0.717) is 6.61 Å². The number of ether oxygens (including phenoxy) is 3. The van der Waals surface area contributed by atoms with Gasteiger partial charge in [0.25, 0.3) is 0 Å². The molecule has 0 amide bonds. The summed E-state index contributed by atoms with van der Waals surface area (Å²) in [5.74, 6) is 8.23. The highest BCUT2D eigenvalue weighted by molar-refractivity contribution is 5.33. The Morgan fingerprint density at radius 2 is 1.72 bits per heavy atom. The van der Waals surface area contributed by atoms with E-state index in [9.17, 15) is 0 Å². The van der Waals surface area contributed by atoms with Crippen molar-refractivity contribution in [2.45, 2.75) is 6.04 Å². The lowest BCUT2D eigenvalue weighted by Crippen LogP contribution is -2.38. The highest BCUT2D eigenvalue weighted by Crippen LogP contribution is 2.23. The van der Waals surface area contributed by atoms with Gasteiger partial charge in [-0.15, -0.1) is 0 Å². The van der Waals surface area contributed by atoms with E-state index in [1.54, 1.807) is 7.11 Å². The number of morpholine rings is 1. The van der Waals surface area contributed by atoms with E-state index in [2.05, 4.69) is 28.9 Å². The summed E-state index contributed by atoms with van der Waals surface area (Å²) in [6.07, 6.45) is 0. The summed E-state index contributed by atoms with van der Waals surface area (Å²) in [6, 6.07) is 17.9. The molecule has 0 aliphatic carbocycles. The molecule has 0 bridgehead atoms. The van der Waals surface area contributed by atoms with Crippen LogP contribution in [-0.2, 0) is 4.74 Å². The zero-order valence-electron chi connectivity index (χ0n) is 14.5. The van der Waals surface area contributed by atoms with Crippen LogP contribution in [0, 0.1) is 11.8 Å². The molecule has 2 aromatic carbocycles. The van der Waals surface area contributed by atoms with Crippen LogP contribution in [0.15, 0.2) is 54.6 Å². The van der Waals surface area contributed by atoms with E-state index in [1.807, 2.05) is 42.5 Å². The number of para-hydroxylation sites is 1. The topological polar surface area (TPSA) is 30.9 Å². The lowest BCUT2D eigenvalue weighted by molar-refractivity contribution is 0.0269. The van der Waals surface area contributed by atoms with Gasteiger partial charge in [-0.05, 0) is 29.8 Å². The molecule has 1 atom stereocenters. The first-order chi connectivity index (χ1) is 12.4. The van der Waals surface area contributed by atoms with Crippen molar-refractivity contribution in [2.24, 2.45) is 0 Å². The molecule has 0 spiro atoms. The maximum Gasteiger partial charge on any atom is 0.149 e. The van der Waals surface area contributed by atoms with E-state index < -0.39 is 0 Å². The number of methoxy groups -OCH3 is 1. The first kappa shape index (κ1) is 17.3. The third kappa shape index (κ3) is 4.99. The molecule has 1 aliphatic rings. The Bertz CT molecular complexity index is 697. The van der Waals surface area contributed by atoms with Crippen LogP contribution in [-0.4, -0.2) is 44.9 Å². The summed E-state index contributed by atoms with van der Waals surface area (Å²) in [5.41, 5.74) is 1.16. The molecule has 4 nitrogen and oxygen atoms in total. The maximum atomic E-state index is 5.68. The SMILES string of the molecule is COc1ccc(C(C#CCOc2ccccc2)N2CCOCC2)cc1. The highest BCUT2D eigenvalue weighted by atomic mass is 16.5. The zero-order chi connectivity index (χ0) is 17.3. The van der Waals surface area contributed by atoms with Crippen molar-refractivity contribution in [1.29, 1.82) is 0 Å². The maximum absolute atomic E-state index is 5.68. The van der Waals surface area contributed by atoms with Gasteiger partial charge in [0.05, 0.1) is 26.4 Å². The Morgan fingerprint density at radius 1 is 1.00 bits per heavy atom. The van der Waals surface area contributed by atoms with Crippen LogP contribution in [0.3, 0.4) is 0 Å². The average Bonchev–Trinajstić information content (AvgIpc) is 2.70. The van der Waals surface area contributed by atoms with Gasteiger partial charge < -0.3 is 14.2 Å². The smallest absolute Gasteiger partial charge is 0.149 e. The average molecular weight is 337 g/mol. The number of benzene rings is 2. The van der Waals surface area contributed by atoms with Crippen molar-refractivity contribution in [3.8, 4) is 23.3 Å². The first-order valence-electron chi connectivity index (χ1n) is 8.49. The molecular weight excluding hydrogens is 314 g/mol. The molecule has 130 valence electrons. The molecular formula is C21H23NO3. The fourth-order valence-corrected chi connectivity index (χ4v) is 2.78. The van der Waals surface area contributed by atoms with E-state index in [1.165, 1.54) is 0 Å². The van der Waals surface area contributed by atoms with Crippen molar-refractivity contribution in [3.05, 3.63) is 60.2 Å². The number of hydrogen-bond acceptors (Lipinski definition) is 4. The molecule has 0 N–H and O–H groups in total. The van der Waals surface area contributed by atoms with Crippen molar-refractivity contribution >= 4 is 0 Å². The standard InChI is InChI=1S/C21H23NO3/c1-23-19-11-9-18(10-12-19)21(22-13-16-24-17-14-22)8-5-15-25-20-6-3-2-4-7-20/h2-4,6-7,9-12,21H,13-17H2,1H3. The Balaban J connectivity index is 1.70. The predicted octanol–water partition coefficient (Wildman–Crippen LogP) is 3.15. The van der Waals surface area contributed by atoms with Crippen LogP contribution in [0.25, 0.3) is 0 Å². The molecule has 1 fully saturated rings. The monoisotopic (exact) mass is 337 g/mol. The van der Waals surface area contributed by atoms with Gasteiger partial charge in [0.2, 0.25) is 0 Å². The number of nitrogens with zero attached hydrogens (tertiary/aromatic N) is 1. The van der Waals surface area contributed by atoms with Gasteiger partial charge in [-0.3, -0.25) is 4.90 Å². The minimum atomic E-state index is 0.0363. The Labute approximate surface area is 149 Å². The molecule has 1 saturated heterocycles. The Hall–Kier alpha value is -2.48. The molecule has 1 heterocycles. The summed E-state index contributed by atoms with van der Waals surface area (Å²) in [7, 11) is 1.68. The normalized spacial score (nSPS) is 15.7. The quantitative estimate of drug-likeness (QED) is 0.784.